The van der Waals surface area contributed by atoms with Crippen LogP contribution in [0.1, 0.15) is 37.5 Å². The van der Waals surface area contributed by atoms with Gasteiger partial charge in [-0.1, -0.05) is 18.2 Å². The predicted octanol–water partition coefficient (Wildman–Crippen LogP) is 8.16. The van der Waals surface area contributed by atoms with Gasteiger partial charge < -0.3 is 18.8 Å². The van der Waals surface area contributed by atoms with Gasteiger partial charge in [-0.15, -0.1) is 0 Å². The average molecular weight is 464 g/mol. The van der Waals surface area contributed by atoms with Crippen LogP contribution in [0.4, 0.5) is 11.4 Å². The molecule has 0 saturated heterocycles. The Hall–Kier alpha value is -3.92. The van der Waals surface area contributed by atoms with E-state index in [4.69, 9.17) is 13.9 Å². The number of rotatable bonds is 3. The molecule has 0 fully saturated rings. The summed E-state index contributed by atoms with van der Waals surface area (Å²) < 4.78 is 17.7. The maximum Gasteiger partial charge on any atom is 0.133 e. The smallest absolute Gasteiger partial charge is 0.133 e. The zero-order chi connectivity index (χ0) is 24.3. The van der Waals surface area contributed by atoms with Crippen LogP contribution in [0.5, 0.6) is 11.5 Å². The molecule has 176 valence electrons. The number of allylic oxidation sites excluding steroid dienone is 1. The minimum absolute atomic E-state index is 0.218. The van der Waals surface area contributed by atoms with Crippen LogP contribution in [0, 0.1) is 6.92 Å². The lowest BCUT2D eigenvalue weighted by molar-refractivity contribution is 0.299. The van der Waals surface area contributed by atoms with Crippen LogP contribution < -0.4 is 14.4 Å². The molecule has 0 amide bonds. The third kappa shape index (κ3) is 3.35. The molecule has 4 heteroatoms. The van der Waals surface area contributed by atoms with Crippen molar-refractivity contribution in [2.24, 2.45) is 0 Å². The van der Waals surface area contributed by atoms with Gasteiger partial charge in [0.2, 0.25) is 0 Å². The third-order valence-corrected chi connectivity index (χ3v) is 7.05. The number of ether oxygens (including phenoxy) is 2. The Morgan fingerprint density at radius 1 is 0.943 bits per heavy atom. The van der Waals surface area contributed by atoms with Crippen LogP contribution in [0.3, 0.4) is 0 Å². The molecule has 3 heterocycles. The fraction of sp³-hybridized carbons (Fsp3) is 0.226. The second kappa shape index (κ2) is 7.81. The summed E-state index contributed by atoms with van der Waals surface area (Å²) in [5.41, 5.74) is 10.3. The lowest BCUT2D eigenvalue weighted by Gasteiger charge is -2.44. The van der Waals surface area contributed by atoms with Gasteiger partial charge in [-0.05, 0) is 92.9 Å². The number of methoxy groups -OCH3 is 1. The van der Waals surface area contributed by atoms with Gasteiger partial charge in [0.15, 0.2) is 0 Å². The molecule has 0 radical (unpaired) electrons. The van der Waals surface area contributed by atoms with Crippen LogP contribution in [-0.2, 0) is 6.61 Å². The van der Waals surface area contributed by atoms with Gasteiger partial charge in [0.25, 0.3) is 0 Å². The van der Waals surface area contributed by atoms with Crippen molar-refractivity contribution in [2.75, 3.05) is 12.0 Å². The first-order valence-corrected chi connectivity index (χ1v) is 12.0. The molecule has 1 aromatic heterocycles. The van der Waals surface area contributed by atoms with Crippen molar-refractivity contribution < 1.29 is 13.9 Å². The first kappa shape index (κ1) is 21.6. The maximum atomic E-state index is 6.25. The Kier molecular flexibility index (Phi) is 4.82. The van der Waals surface area contributed by atoms with Gasteiger partial charge >= 0.3 is 0 Å². The number of anilines is 2. The highest BCUT2D eigenvalue weighted by molar-refractivity contribution is 5.93. The third-order valence-electron chi connectivity index (χ3n) is 7.05. The second-order valence-corrected chi connectivity index (χ2v) is 9.96. The molecule has 0 bridgehead atoms. The minimum Gasteiger partial charge on any atom is -0.496 e. The number of hydrogen-bond donors (Lipinski definition) is 0. The van der Waals surface area contributed by atoms with Crippen molar-refractivity contribution in [1.29, 1.82) is 0 Å². The average Bonchev–Trinajstić information content (AvgIpc) is 3.37. The summed E-state index contributed by atoms with van der Waals surface area (Å²) in [6, 6.07) is 21.1. The van der Waals surface area contributed by atoms with E-state index in [1.807, 2.05) is 30.3 Å². The summed E-state index contributed by atoms with van der Waals surface area (Å²) in [5.74, 6) is 2.58. The molecule has 0 unspecified atom stereocenters. The van der Waals surface area contributed by atoms with E-state index in [0.29, 0.717) is 6.61 Å². The summed E-state index contributed by atoms with van der Waals surface area (Å²) in [4.78, 5) is 2.44. The van der Waals surface area contributed by atoms with Crippen molar-refractivity contribution in [3.05, 3.63) is 89.7 Å². The Labute approximate surface area is 206 Å². The monoisotopic (exact) mass is 463 g/mol. The number of hydrogen-bond acceptors (Lipinski definition) is 4. The van der Waals surface area contributed by atoms with E-state index in [-0.39, 0.29) is 5.54 Å². The topological polar surface area (TPSA) is 34.8 Å². The van der Waals surface area contributed by atoms with Crippen LogP contribution in [0.2, 0.25) is 0 Å². The van der Waals surface area contributed by atoms with E-state index >= 15 is 0 Å². The summed E-state index contributed by atoms with van der Waals surface area (Å²) >= 11 is 0. The lowest BCUT2D eigenvalue weighted by atomic mass is 9.82. The fourth-order valence-electron chi connectivity index (χ4n) is 5.79. The molecule has 3 aromatic carbocycles. The number of benzene rings is 3. The number of fused-ring (bicyclic) bond motifs is 5. The van der Waals surface area contributed by atoms with E-state index in [1.54, 1.807) is 13.4 Å². The molecular formula is C31H29NO3. The molecule has 0 aliphatic carbocycles. The van der Waals surface area contributed by atoms with E-state index in [1.165, 1.54) is 33.5 Å². The van der Waals surface area contributed by atoms with E-state index in [0.717, 1.165) is 34.1 Å². The van der Waals surface area contributed by atoms with E-state index < -0.39 is 0 Å². The van der Waals surface area contributed by atoms with Crippen LogP contribution in [0.15, 0.2) is 77.4 Å². The standard InChI is InChI=1S/C31H29NO3/c1-19-14-21(26-10-7-13-34-26)16-22(15-19)32-25-12-11-23-24(29(25)20(2)17-31(32,3)4)18-35-28-9-6-8-27(33-5)30(23)28/h6-17H,18H2,1-5H3. The lowest BCUT2D eigenvalue weighted by Crippen LogP contribution is -2.42. The van der Waals surface area contributed by atoms with Gasteiger partial charge in [-0.3, -0.25) is 0 Å². The maximum absolute atomic E-state index is 6.25. The Morgan fingerprint density at radius 3 is 2.57 bits per heavy atom. The molecule has 2 aliphatic rings. The number of nitrogens with zero attached hydrogens (tertiary/aromatic N) is 1. The quantitative estimate of drug-likeness (QED) is 0.307. The molecule has 6 rings (SSSR count). The highest BCUT2D eigenvalue weighted by atomic mass is 16.5. The normalized spacial score (nSPS) is 15.5. The van der Waals surface area contributed by atoms with Crippen LogP contribution in [0.25, 0.3) is 28.0 Å². The molecule has 2 aliphatic heterocycles. The largest absolute Gasteiger partial charge is 0.496 e. The fourth-order valence-corrected chi connectivity index (χ4v) is 5.79. The van der Waals surface area contributed by atoms with Crippen LogP contribution >= 0.6 is 0 Å². The zero-order valence-electron chi connectivity index (χ0n) is 20.8. The molecule has 35 heavy (non-hydrogen) atoms. The van der Waals surface area contributed by atoms with E-state index in [9.17, 15) is 0 Å². The van der Waals surface area contributed by atoms with Gasteiger partial charge in [-0.2, -0.15) is 0 Å². The van der Waals surface area contributed by atoms with Gasteiger partial charge in [0.1, 0.15) is 23.9 Å². The zero-order valence-corrected chi connectivity index (χ0v) is 20.8. The van der Waals surface area contributed by atoms with Crippen molar-refractivity contribution in [1.82, 2.24) is 0 Å². The molecule has 4 nitrogen and oxygen atoms in total. The van der Waals surface area contributed by atoms with Crippen molar-refractivity contribution in [2.45, 2.75) is 39.8 Å². The second-order valence-electron chi connectivity index (χ2n) is 9.96. The first-order valence-electron chi connectivity index (χ1n) is 12.0. The Bertz CT molecular complexity index is 1460. The van der Waals surface area contributed by atoms with Gasteiger partial charge in [0, 0.05) is 28.1 Å². The Morgan fingerprint density at radius 2 is 1.80 bits per heavy atom. The molecular weight excluding hydrogens is 434 g/mol. The van der Waals surface area contributed by atoms with Crippen molar-refractivity contribution in [3.63, 3.8) is 0 Å². The molecule has 0 spiro atoms. The molecule has 4 aromatic rings. The van der Waals surface area contributed by atoms with Crippen molar-refractivity contribution in [3.8, 4) is 33.9 Å². The summed E-state index contributed by atoms with van der Waals surface area (Å²) in [5, 5.41) is 0. The molecule has 0 saturated carbocycles. The highest BCUT2D eigenvalue weighted by Gasteiger charge is 2.36. The predicted molar refractivity (Wildman–Crippen MR) is 142 cm³/mol. The van der Waals surface area contributed by atoms with Gasteiger partial charge in [-0.25, -0.2) is 0 Å². The summed E-state index contributed by atoms with van der Waals surface area (Å²) in [6.07, 6.45) is 4.09. The van der Waals surface area contributed by atoms with Crippen molar-refractivity contribution >= 4 is 16.9 Å². The SMILES string of the molecule is COc1cccc2c1-c1ccc3c(c1CO2)C(C)=CC(C)(C)N3c1cc(C)cc(-c2ccco2)c1. The van der Waals surface area contributed by atoms with Gasteiger partial charge in [0.05, 0.1) is 24.5 Å². The highest BCUT2D eigenvalue weighted by Crippen LogP contribution is 2.51. The minimum atomic E-state index is -0.218. The molecule has 0 atom stereocenters. The van der Waals surface area contributed by atoms with E-state index in [2.05, 4.69) is 69.0 Å². The Balaban J connectivity index is 1.57. The van der Waals surface area contributed by atoms with Crippen LogP contribution in [-0.4, -0.2) is 12.6 Å². The molecule has 0 N–H and O–H groups in total. The summed E-state index contributed by atoms with van der Waals surface area (Å²) in [7, 11) is 1.71. The summed E-state index contributed by atoms with van der Waals surface area (Å²) in [6.45, 7) is 9.41. The number of aryl methyl sites for hydroxylation is 1. The number of furan rings is 1. The first-order chi connectivity index (χ1) is 16.9.